The van der Waals surface area contributed by atoms with Crippen LogP contribution in [0.4, 0.5) is 39.5 Å². The topological polar surface area (TPSA) is 153 Å². The molecule has 2 aliphatic rings. The van der Waals surface area contributed by atoms with Gasteiger partial charge >= 0.3 is 36.4 Å². The molecule has 48 heavy (non-hydrogen) atoms. The summed E-state index contributed by atoms with van der Waals surface area (Å²) in [4.78, 5) is 40.4. The molecule has 1 unspecified atom stereocenters. The normalized spacial score (nSPS) is 17.9. The van der Waals surface area contributed by atoms with Crippen LogP contribution in [0.25, 0.3) is 0 Å². The molecule has 0 bridgehead atoms. The van der Waals surface area contributed by atoms with E-state index < -0.39 is 36.4 Å². The van der Waals surface area contributed by atoms with Crippen LogP contribution < -0.4 is 0 Å². The molecule has 4 heterocycles. The molecule has 2 saturated heterocycles. The Morgan fingerprint density at radius 2 is 1.15 bits per heavy atom. The zero-order valence-electron chi connectivity index (χ0n) is 25.2. The third-order valence-electron chi connectivity index (χ3n) is 7.09. The minimum Gasteiger partial charge on any atom is -0.475 e. The predicted octanol–water partition coefficient (Wildman–Crippen LogP) is 4.74. The van der Waals surface area contributed by atoms with Gasteiger partial charge in [-0.1, -0.05) is 12.1 Å². The fourth-order valence-corrected chi connectivity index (χ4v) is 4.92. The zero-order chi connectivity index (χ0) is 36.8. The van der Waals surface area contributed by atoms with Crippen LogP contribution >= 0.6 is 0 Å². The van der Waals surface area contributed by atoms with Gasteiger partial charge in [0.25, 0.3) is 0 Å². The summed E-state index contributed by atoms with van der Waals surface area (Å²) in [6.07, 6.45) is -5.06. The van der Waals surface area contributed by atoms with Crippen LogP contribution in [-0.2, 0) is 32.2 Å². The molecule has 2 fully saturated rings. The highest BCUT2D eigenvalue weighted by atomic mass is 19.4. The fraction of sp³-hybridized carbons (Fsp3) is 0.536. The number of hydrogen-bond donors (Lipinski definition) is 3. The summed E-state index contributed by atoms with van der Waals surface area (Å²) >= 11 is 0. The number of piperidine rings is 1. The van der Waals surface area contributed by atoms with E-state index in [4.69, 9.17) is 34.4 Å². The van der Waals surface area contributed by atoms with Gasteiger partial charge < -0.3 is 20.1 Å². The standard InChI is InChI=1S/C22H30N4O.3C2HF3O2/c1-27-17-21-16-26(15-20-5-3-9-24-13-20)18-22(21)6-10-25(11-7-22)14-19-4-2-8-23-12-19;3*3-2(4,5)1(6)7/h2-5,8-9,12-13,21H,6-7,10-11,14-18H2,1H3;3*(H,6,7). The molecule has 2 aromatic heterocycles. The Morgan fingerprint density at radius 1 is 0.771 bits per heavy atom. The van der Waals surface area contributed by atoms with Gasteiger partial charge in [0.2, 0.25) is 0 Å². The molecule has 0 radical (unpaired) electrons. The Kier molecular flexibility index (Phi) is 16.2. The van der Waals surface area contributed by atoms with Gasteiger partial charge in [-0.2, -0.15) is 39.5 Å². The minimum absolute atomic E-state index is 0.393. The summed E-state index contributed by atoms with van der Waals surface area (Å²) in [7, 11) is 1.84. The molecule has 4 rings (SSSR count). The third kappa shape index (κ3) is 15.2. The van der Waals surface area contributed by atoms with Gasteiger partial charge in [0.1, 0.15) is 0 Å². The monoisotopic (exact) mass is 708 g/mol. The van der Waals surface area contributed by atoms with Crippen molar-refractivity contribution in [2.45, 2.75) is 44.5 Å². The van der Waals surface area contributed by atoms with Crippen molar-refractivity contribution in [1.29, 1.82) is 0 Å². The van der Waals surface area contributed by atoms with Gasteiger partial charge in [0.15, 0.2) is 0 Å². The highest BCUT2D eigenvalue weighted by molar-refractivity contribution is 5.73. The molecule has 20 heteroatoms. The van der Waals surface area contributed by atoms with E-state index in [1.54, 1.807) is 0 Å². The summed E-state index contributed by atoms with van der Waals surface area (Å²) in [6.45, 7) is 7.51. The Hall–Kier alpha value is -4.04. The maximum absolute atomic E-state index is 10.6. The molecule has 270 valence electrons. The average Bonchev–Trinajstić information content (AvgIpc) is 3.30. The number of pyridine rings is 2. The number of aliphatic carboxylic acids is 3. The highest BCUT2D eigenvalue weighted by Gasteiger charge is 2.47. The van der Waals surface area contributed by atoms with E-state index in [1.807, 2.05) is 44.0 Å². The van der Waals surface area contributed by atoms with E-state index >= 15 is 0 Å². The number of carboxylic acid groups (broad SMARTS) is 3. The first-order chi connectivity index (χ1) is 22.1. The van der Waals surface area contributed by atoms with Crippen molar-refractivity contribution in [1.82, 2.24) is 19.8 Å². The number of halogens is 9. The second kappa shape index (κ2) is 18.5. The van der Waals surface area contributed by atoms with Gasteiger partial charge in [-0.15, -0.1) is 0 Å². The lowest BCUT2D eigenvalue weighted by Crippen LogP contribution is -2.44. The lowest BCUT2D eigenvalue weighted by Gasteiger charge is -2.42. The summed E-state index contributed by atoms with van der Waals surface area (Å²) in [5.41, 5.74) is 3.01. The van der Waals surface area contributed by atoms with Crippen molar-refractivity contribution >= 4 is 17.9 Å². The number of likely N-dealkylation sites (tertiary alicyclic amines) is 2. The fourth-order valence-electron chi connectivity index (χ4n) is 4.92. The van der Waals surface area contributed by atoms with Crippen molar-refractivity contribution in [2.75, 3.05) is 39.9 Å². The lowest BCUT2D eigenvalue weighted by molar-refractivity contribution is -0.193. The van der Waals surface area contributed by atoms with Crippen LogP contribution in [0.2, 0.25) is 0 Å². The van der Waals surface area contributed by atoms with Crippen LogP contribution in [0.3, 0.4) is 0 Å². The molecule has 1 spiro atoms. The summed E-state index contributed by atoms with van der Waals surface area (Å²) < 4.78 is 101. The second-order valence-electron chi connectivity index (χ2n) is 10.6. The first-order valence-corrected chi connectivity index (χ1v) is 13.7. The number of aromatic nitrogens is 2. The van der Waals surface area contributed by atoms with Gasteiger partial charge in [0.05, 0.1) is 6.61 Å². The minimum atomic E-state index is -5.08. The molecule has 2 aliphatic heterocycles. The number of carboxylic acids is 3. The van der Waals surface area contributed by atoms with E-state index in [2.05, 4.69) is 31.9 Å². The van der Waals surface area contributed by atoms with Crippen LogP contribution in [0, 0.1) is 11.3 Å². The van der Waals surface area contributed by atoms with Gasteiger partial charge in [-0.05, 0) is 54.6 Å². The number of hydrogen-bond acceptors (Lipinski definition) is 8. The number of ether oxygens (including phenoxy) is 1. The van der Waals surface area contributed by atoms with Crippen LogP contribution in [0.5, 0.6) is 0 Å². The molecule has 1 atom stereocenters. The maximum Gasteiger partial charge on any atom is 0.490 e. The first kappa shape index (κ1) is 42.0. The van der Waals surface area contributed by atoms with Gasteiger partial charge in [-0.3, -0.25) is 19.8 Å². The molecule has 0 aliphatic carbocycles. The first-order valence-electron chi connectivity index (χ1n) is 13.7. The van der Waals surface area contributed by atoms with Gasteiger partial charge in [0, 0.05) is 64.0 Å². The van der Waals surface area contributed by atoms with Crippen LogP contribution in [0.1, 0.15) is 24.0 Å². The third-order valence-corrected chi connectivity index (χ3v) is 7.09. The Morgan fingerprint density at radius 3 is 1.46 bits per heavy atom. The molecular formula is C28H33F9N4O7. The Labute approximate surface area is 267 Å². The van der Waals surface area contributed by atoms with Crippen molar-refractivity contribution in [3.8, 4) is 0 Å². The molecule has 0 amide bonds. The molecular weight excluding hydrogens is 675 g/mol. The maximum atomic E-state index is 10.6. The largest absolute Gasteiger partial charge is 0.490 e. The highest BCUT2D eigenvalue weighted by Crippen LogP contribution is 2.45. The van der Waals surface area contributed by atoms with E-state index in [0.29, 0.717) is 11.3 Å². The van der Waals surface area contributed by atoms with E-state index in [0.717, 1.165) is 39.3 Å². The molecule has 11 nitrogen and oxygen atoms in total. The zero-order valence-corrected chi connectivity index (χ0v) is 25.2. The van der Waals surface area contributed by atoms with Crippen molar-refractivity contribution < 1.29 is 74.0 Å². The smallest absolute Gasteiger partial charge is 0.475 e. The van der Waals surface area contributed by atoms with Crippen molar-refractivity contribution in [3.63, 3.8) is 0 Å². The second-order valence-corrected chi connectivity index (χ2v) is 10.6. The summed E-state index contributed by atoms with van der Waals surface area (Å²) in [5, 5.41) is 21.4. The van der Waals surface area contributed by atoms with Gasteiger partial charge in [-0.25, -0.2) is 14.4 Å². The number of alkyl halides is 9. The summed E-state index contributed by atoms with van der Waals surface area (Å²) in [6, 6.07) is 8.42. The predicted molar refractivity (Wildman–Crippen MR) is 147 cm³/mol. The Balaban J connectivity index is 0.000000448. The Bertz CT molecular complexity index is 1220. The number of carbonyl (C=O) groups is 3. The van der Waals surface area contributed by atoms with E-state index in [9.17, 15) is 39.5 Å². The molecule has 0 aromatic carbocycles. The molecule has 2 aromatic rings. The van der Waals surface area contributed by atoms with Crippen LogP contribution in [-0.4, -0.2) is 111 Å². The number of methoxy groups -OCH3 is 1. The molecule has 3 N–H and O–H groups in total. The van der Waals surface area contributed by atoms with Crippen LogP contribution in [0.15, 0.2) is 49.1 Å². The number of nitrogens with zero attached hydrogens (tertiary/aromatic N) is 4. The van der Waals surface area contributed by atoms with Crippen molar-refractivity contribution in [3.05, 3.63) is 60.2 Å². The summed E-state index contributed by atoms with van der Waals surface area (Å²) in [5.74, 6) is -7.65. The average molecular weight is 709 g/mol. The lowest BCUT2D eigenvalue weighted by atomic mass is 9.71. The van der Waals surface area contributed by atoms with E-state index in [-0.39, 0.29) is 0 Å². The quantitative estimate of drug-likeness (QED) is 0.357. The molecule has 0 saturated carbocycles. The van der Waals surface area contributed by atoms with E-state index in [1.165, 1.54) is 30.5 Å². The SMILES string of the molecule is COCC1CN(Cc2cccnc2)CC12CCN(Cc1cccnc1)CC2.O=C(O)C(F)(F)F.O=C(O)C(F)(F)F.O=C(O)C(F)(F)F. The number of rotatable bonds is 6. The van der Waals surface area contributed by atoms with Crippen molar-refractivity contribution in [2.24, 2.45) is 11.3 Å².